The van der Waals surface area contributed by atoms with E-state index in [2.05, 4.69) is 45.9 Å². The quantitative estimate of drug-likeness (QED) is 0.869. The molecule has 2 atom stereocenters. The maximum atomic E-state index is 5.59. The average molecular weight is 293 g/mol. The Morgan fingerprint density at radius 3 is 2.67 bits per heavy atom. The molecular weight excluding hydrogens is 266 g/mol. The van der Waals surface area contributed by atoms with Gasteiger partial charge in [-0.1, -0.05) is 20.8 Å². The molecule has 1 aromatic rings. The maximum Gasteiger partial charge on any atom is 0.323 e. The van der Waals surface area contributed by atoms with Gasteiger partial charge >= 0.3 is 6.01 Å². The van der Waals surface area contributed by atoms with Crippen LogP contribution in [0.4, 0.5) is 11.9 Å². The molecule has 0 bridgehead atoms. The molecule has 1 aromatic heterocycles. The molecule has 6 heteroatoms. The zero-order chi connectivity index (χ0) is 15.2. The van der Waals surface area contributed by atoms with Gasteiger partial charge in [0.15, 0.2) is 0 Å². The van der Waals surface area contributed by atoms with E-state index in [4.69, 9.17) is 4.74 Å². The summed E-state index contributed by atoms with van der Waals surface area (Å²) in [5, 5.41) is 3.15. The van der Waals surface area contributed by atoms with Crippen molar-refractivity contribution in [3.8, 4) is 6.01 Å². The van der Waals surface area contributed by atoms with Crippen molar-refractivity contribution < 1.29 is 4.74 Å². The largest absolute Gasteiger partial charge is 0.463 e. The van der Waals surface area contributed by atoms with Gasteiger partial charge in [0.1, 0.15) is 0 Å². The Balaban J connectivity index is 2.18. The SMILES string of the molecule is CCCOc1nc(NCC)nc(N2CCC(C)C(C)C2)n1. The Morgan fingerprint density at radius 1 is 1.19 bits per heavy atom. The van der Waals surface area contributed by atoms with Gasteiger partial charge in [-0.3, -0.25) is 0 Å². The number of hydrogen-bond donors (Lipinski definition) is 1. The number of aromatic nitrogens is 3. The minimum Gasteiger partial charge on any atom is -0.463 e. The molecule has 1 saturated heterocycles. The standard InChI is InChI=1S/C15H27N5O/c1-5-9-21-15-18-13(16-6-2)17-14(19-15)20-8-7-11(3)12(4)10-20/h11-12H,5-10H2,1-4H3,(H,16,17,18,19). The molecule has 1 N–H and O–H groups in total. The van der Waals surface area contributed by atoms with Crippen LogP contribution in [0.5, 0.6) is 6.01 Å². The average Bonchev–Trinajstić information content (AvgIpc) is 2.48. The van der Waals surface area contributed by atoms with Gasteiger partial charge in [-0.15, -0.1) is 0 Å². The predicted molar refractivity (Wildman–Crippen MR) is 84.9 cm³/mol. The van der Waals surface area contributed by atoms with Gasteiger partial charge in [-0.05, 0) is 31.6 Å². The lowest BCUT2D eigenvalue weighted by Gasteiger charge is -2.35. The maximum absolute atomic E-state index is 5.59. The number of anilines is 2. The van der Waals surface area contributed by atoms with Crippen molar-refractivity contribution in [3.05, 3.63) is 0 Å². The molecule has 0 aliphatic carbocycles. The fourth-order valence-electron chi connectivity index (χ4n) is 2.43. The molecule has 6 nitrogen and oxygen atoms in total. The Labute approximate surface area is 127 Å². The van der Waals surface area contributed by atoms with Crippen molar-refractivity contribution in [1.82, 2.24) is 15.0 Å². The number of ether oxygens (including phenoxy) is 1. The molecule has 2 heterocycles. The molecular formula is C15H27N5O. The summed E-state index contributed by atoms with van der Waals surface area (Å²) in [6.45, 7) is 12.1. The molecule has 0 spiro atoms. The predicted octanol–water partition coefficient (Wildman–Crippen LogP) is 2.57. The fraction of sp³-hybridized carbons (Fsp3) is 0.800. The molecule has 2 rings (SSSR count). The highest BCUT2D eigenvalue weighted by Gasteiger charge is 2.25. The summed E-state index contributed by atoms with van der Waals surface area (Å²) in [5.74, 6) is 2.73. The van der Waals surface area contributed by atoms with Crippen LogP contribution in [0.15, 0.2) is 0 Å². The van der Waals surface area contributed by atoms with Crippen LogP contribution in [-0.4, -0.2) is 41.2 Å². The summed E-state index contributed by atoms with van der Waals surface area (Å²) >= 11 is 0. The van der Waals surface area contributed by atoms with Crippen LogP contribution in [0.3, 0.4) is 0 Å². The molecule has 0 saturated carbocycles. The van der Waals surface area contributed by atoms with E-state index in [1.165, 1.54) is 6.42 Å². The van der Waals surface area contributed by atoms with Gasteiger partial charge in [-0.25, -0.2) is 0 Å². The summed E-state index contributed by atoms with van der Waals surface area (Å²) < 4.78 is 5.59. The second-order valence-electron chi connectivity index (χ2n) is 5.81. The minimum atomic E-state index is 0.420. The lowest BCUT2D eigenvalue weighted by Crippen LogP contribution is -2.39. The van der Waals surface area contributed by atoms with E-state index in [1.807, 2.05) is 6.92 Å². The Bertz CT molecular complexity index is 454. The molecule has 0 radical (unpaired) electrons. The molecule has 21 heavy (non-hydrogen) atoms. The summed E-state index contributed by atoms with van der Waals surface area (Å²) in [7, 11) is 0. The van der Waals surface area contributed by atoms with E-state index in [0.29, 0.717) is 24.5 Å². The van der Waals surface area contributed by atoms with Crippen LogP contribution in [0.1, 0.15) is 40.5 Å². The molecule has 118 valence electrons. The van der Waals surface area contributed by atoms with Gasteiger partial charge in [0.2, 0.25) is 11.9 Å². The first-order valence-electron chi connectivity index (χ1n) is 8.01. The van der Waals surface area contributed by atoms with Crippen molar-refractivity contribution in [2.24, 2.45) is 11.8 Å². The molecule has 1 aliphatic heterocycles. The van der Waals surface area contributed by atoms with Crippen molar-refractivity contribution >= 4 is 11.9 Å². The van der Waals surface area contributed by atoms with Gasteiger partial charge in [0.05, 0.1) is 6.61 Å². The number of nitrogens with zero attached hydrogens (tertiary/aromatic N) is 4. The molecule has 2 unspecified atom stereocenters. The van der Waals surface area contributed by atoms with E-state index in [0.717, 1.165) is 37.9 Å². The van der Waals surface area contributed by atoms with E-state index in [-0.39, 0.29) is 0 Å². The van der Waals surface area contributed by atoms with Crippen LogP contribution >= 0.6 is 0 Å². The number of nitrogens with one attached hydrogen (secondary N) is 1. The van der Waals surface area contributed by atoms with Crippen molar-refractivity contribution in [2.75, 3.05) is 36.5 Å². The smallest absolute Gasteiger partial charge is 0.323 e. The van der Waals surface area contributed by atoms with Gasteiger partial charge in [0.25, 0.3) is 0 Å². The molecule has 0 amide bonds. The van der Waals surface area contributed by atoms with Gasteiger partial charge in [-0.2, -0.15) is 15.0 Å². The van der Waals surface area contributed by atoms with E-state index in [1.54, 1.807) is 0 Å². The summed E-state index contributed by atoms with van der Waals surface area (Å²) in [6, 6.07) is 0.420. The first kappa shape index (κ1) is 15.8. The normalized spacial score (nSPS) is 22.2. The van der Waals surface area contributed by atoms with Gasteiger partial charge < -0.3 is 15.0 Å². The molecule has 1 fully saturated rings. The van der Waals surface area contributed by atoms with Crippen LogP contribution in [0.2, 0.25) is 0 Å². The van der Waals surface area contributed by atoms with E-state index >= 15 is 0 Å². The monoisotopic (exact) mass is 293 g/mol. The highest BCUT2D eigenvalue weighted by Crippen LogP contribution is 2.26. The molecule has 1 aliphatic rings. The third-order valence-electron chi connectivity index (χ3n) is 3.99. The van der Waals surface area contributed by atoms with Crippen LogP contribution < -0.4 is 15.0 Å². The van der Waals surface area contributed by atoms with Gasteiger partial charge in [0, 0.05) is 19.6 Å². The first-order valence-corrected chi connectivity index (χ1v) is 8.01. The molecule has 0 aromatic carbocycles. The minimum absolute atomic E-state index is 0.420. The summed E-state index contributed by atoms with van der Waals surface area (Å²) in [4.78, 5) is 15.6. The van der Waals surface area contributed by atoms with Crippen molar-refractivity contribution in [1.29, 1.82) is 0 Å². The highest BCUT2D eigenvalue weighted by atomic mass is 16.5. The second kappa shape index (κ2) is 7.43. The lowest BCUT2D eigenvalue weighted by molar-refractivity contribution is 0.289. The van der Waals surface area contributed by atoms with Crippen LogP contribution in [0.25, 0.3) is 0 Å². The van der Waals surface area contributed by atoms with Crippen LogP contribution in [-0.2, 0) is 0 Å². The third kappa shape index (κ3) is 4.19. The summed E-state index contributed by atoms with van der Waals surface area (Å²) in [6.07, 6.45) is 2.12. The van der Waals surface area contributed by atoms with Crippen molar-refractivity contribution in [2.45, 2.75) is 40.5 Å². The Kier molecular flexibility index (Phi) is 5.59. The topological polar surface area (TPSA) is 63.2 Å². The van der Waals surface area contributed by atoms with Crippen LogP contribution in [0, 0.1) is 11.8 Å². The first-order chi connectivity index (χ1) is 10.1. The Morgan fingerprint density at radius 2 is 2.00 bits per heavy atom. The number of hydrogen-bond acceptors (Lipinski definition) is 6. The highest BCUT2D eigenvalue weighted by molar-refractivity contribution is 5.38. The fourth-order valence-corrected chi connectivity index (χ4v) is 2.43. The van der Waals surface area contributed by atoms with E-state index in [9.17, 15) is 0 Å². The number of rotatable bonds is 6. The lowest BCUT2D eigenvalue weighted by atomic mass is 9.89. The second-order valence-corrected chi connectivity index (χ2v) is 5.81. The zero-order valence-corrected chi connectivity index (χ0v) is 13.6. The third-order valence-corrected chi connectivity index (χ3v) is 3.99. The summed E-state index contributed by atoms with van der Waals surface area (Å²) in [5.41, 5.74) is 0. The Hall–Kier alpha value is -1.59. The van der Waals surface area contributed by atoms with E-state index < -0.39 is 0 Å². The van der Waals surface area contributed by atoms with Crippen molar-refractivity contribution in [3.63, 3.8) is 0 Å². The number of piperidine rings is 1. The zero-order valence-electron chi connectivity index (χ0n) is 13.6.